The minimum absolute atomic E-state index is 0.0623. The number of nitrogens with one attached hydrogen (secondary N) is 2. The Balaban J connectivity index is 1.71. The average molecular weight is 469 g/mol. The Morgan fingerprint density at radius 2 is 1.67 bits per heavy atom. The van der Waals surface area contributed by atoms with Gasteiger partial charge in [-0.25, -0.2) is 8.42 Å². The number of carbonyl (C=O) groups is 1. The molecule has 3 rings (SSSR count). The molecule has 33 heavy (non-hydrogen) atoms. The van der Waals surface area contributed by atoms with Crippen LogP contribution in [0.4, 0.5) is 11.4 Å². The fraction of sp³-hybridized carbons (Fsp3) is 0.240. The fourth-order valence-corrected chi connectivity index (χ4v) is 4.27. The molecule has 0 bridgehead atoms. The van der Waals surface area contributed by atoms with E-state index in [1.807, 2.05) is 51.1 Å². The Morgan fingerprint density at radius 1 is 0.970 bits per heavy atom. The summed E-state index contributed by atoms with van der Waals surface area (Å²) in [6, 6.07) is 18.7. The molecule has 1 amide bonds. The number of amides is 1. The summed E-state index contributed by atoms with van der Waals surface area (Å²) in [6.45, 7) is 5.64. The van der Waals surface area contributed by atoms with Crippen molar-refractivity contribution >= 4 is 27.3 Å². The number of anilines is 2. The van der Waals surface area contributed by atoms with Gasteiger partial charge in [-0.1, -0.05) is 31.2 Å². The van der Waals surface area contributed by atoms with Crippen LogP contribution in [0.1, 0.15) is 24.5 Å². The van der Waals surface area contributed by atoms with Gasteiger partial charge in [0.15, 0.2) is 6.10 Å². The predicted molar refractivity (Wildman–Crippen MR) is 129 cm³/mol. The number of para-hydroxylation sites is 1. The number of methoxy groups -OCH3 is 1. The van der Waals surface area contributed by atoms with Gasteiger partial charge in [-0.3, -0.25) is 9.52 Å². The average Bonchev–Trinajstić information content (AvgIpc) is 2.78. The molecular formula is C25H28N2O5S. The second kappa shape index (κ2) is 10.4. The number of rotatable bonds is 9. The largest absolute Gasteiger partial charge is 0.495 e. The smallest absolute Gasteiger partial charge is 0.265 e. The van der Waals surface area contributed by atoms with Crippen LogP contribution in [0.15, 0.2) is 71.6 Å². The summed E-state index contributed by atoms with van der Waals surface area (Å²) < 4.78 is 39.3. The van der Waals surface area contributed by atoms with Crippen LogP contribution in [-0.4, -0.2) is 27.5 Å². The third-order valence-corrected chi connectivity index (χ3v) is 6.44. The van der Waals surface area contributed by atoms with Crippen LogP contribution in [0.3, 0.4) is 0 Å². The monoisotopic (exact) mass is 468 g/mol. The molecule has 0 saturated heterocycles. The van der Waals surface area contributed by atoms with Gasteiger partial charge >= 0.3 is 0 Å². The van der Waals surface area contributed by atoms with E-state index in [1.54, 1.807) is 24.3 Å². The lowest BCUT2D eigenvalue weighted by atomic mass is 10.2. The summed E-state index contributed by atoms with van der Waals surface area (Å²) in [5.74, 6) is 0.768. The standard InChI is InChI=1S/C25H28N2O5S/c1-5-22(32-23-9-7-6-8-18(23)3)25(28)26-19-11-13-20(14-12-19)33(29,30)27-21-16-17(2)10-15-24(21)31-4/h6-16,22,27H,5H2,1-4H3,(H,26,28)/t22-/m0/s1. The number of sulfonamides is 1. The maximum atomic E-state index is 12.8. The molecule has 3 aromatic rings. The zero-order chi connectivity index (χ0) is 24.0. The van der Waals surface area contributed by atoms with Crippen molar-refractivity contribution in [3.63, 3.8) is 0 Å². The molecule has 1 atom stereocenters. The third-order valence-electron chi connectivity index (χ3n) is 5.06. The molecule has 0 heterocycles. The number of carbonyl (C=O) groups excluding carboxylic acids is 1. The molecule has 0 fully saturated rings. The van der Waals surface area contributed by atoms with Crippen molar-refractivity contribution in [2.45, 2.75) is 38.2 Å². The van der Waals surface area contributed by atoms with Gasteiger partial charge in [-0.2, -0.15) is 0 Å². The van der Waals surface area contributed by atoms with Gasteiger partial charge in [-0.15, -0.1) is 0 Å². The van der Waals surface area contributed by atoms with E-state index in [2.05, 4.69) is 10.0 Å². The first-order valence-corrected chi connectivity index (χ1v) is 12.0. The molecule has 0 aliphatic heterocycles. The minimum Gasteiger partial charge on any atom is -0.495 e. The van der Waals surface area contributed by atoms with E-state index in [0.717, 1.165) is 11.1 Å². The van der Waals surface area contributed by atoms with Gasteiger partial charge in [0, 0.05) is 5.69 Å². The Hall–Kier alpha value is -3.52. The molecule has 0 saturated carbocycles. The van der Waals surface area contributed by atoms with E-state index in [4.69, 9.17) is 9.47 Å². The summed E-state index contributed by atoms with van der Waals surface area (Å²) >= 11 is 0. The third kappa shape index (κ3) is 6.04. The molecule has 2 N–H and O–H groups in total. The lowest BCUT2D eigenvalue weighted by Crippen LogP contribution is -2.32. The highest BCUT2D eigenvalue weighted by molar-refractivity contribution is 7.92. The zero-order valence-corrected chi connectivity index (χ0v) is 19.9. The highest BCUT2D eigenvalue weighted by Gasteiger charge is 2.20. The van der Waals surface area contributed by atoms with Crippen molar-refractivity contribution in [1.29, 1.82) is 0 Å². The summed E-state index contributed by atoms with van der Waals surface area (Å²) in [6.07, 6.45) is -0.195. The summed E-state index contributed by atoms with van der Waals surface area (Å²) in [7, 11) is -2.36. The molecule has 0 unspecified atom stereocenters. The molecule has 0 spiro atoms. The summed E-state index contributed by atoms with van der Waals surface area (Å²) in [4.78, 5) is 12.8. The Kier molecular flexibility index (Phi) is 7.60. The molecular weight excluding hydrogens is 440 g/mol. The van der Waals surface area contributed by atoms with Crippen LogP contribution in [0.2, 0.25) is 0 Å². The molecule has 7 nitrogen and oxygen atoms in total. The van der Waals surface area contributed by atoms with Crippen molar-refractivity contribution in [3.8, 4) is 11.5 Å². The van der Waals surface area contributed by atoms with E-state index in [-0.39, 0.29) is 10.8 Å². The first-order valence-electron chi connectivity index (χ1n) is 10.5. The van der Waals surface area contributed by atoms with E-state index in [9.17, 15) is 13.2 Å². The van der Waals surface area contributed by atoms with Gasteiger partial charge in [0.25, 0.3) is 15.9 Å². The second-order valence-electron chi connectivity index (χ2n) is 7.60. The highest BCUT2D eigenvalue weighted by Crippen LogP contribution is 2.28. The fourth-order valence-electron chi connectivity index (χ4n) is 3.21. The van der Waals surface area contributed by atoms with Crippen molar-refractivity contribution in [2.75, 3.05) is 17.1 Å². The van der Waals surface area contributed by atoms with Gasteiger partial charge in [0.2, 0.25) is 0 Å². The Morgan fingerprint density at radius 3 is 2.30 bits per heavy atom. The Bertz CT molecular complexity index is 1220. The van der Waals surface area contributed by atoms with Crippen LogP contribution in [0.5, 0.6) is 11.5 Å². The van der Waals surface area contributed by atoms with E-state index in [1.165, 1.54) is 19.2 Å². The summed E-state index contributed by atoms with van der Waals surface area (Å²) in [5.41, 5.74) is 2.66. The molecule has 8 heteroatoms. The Labute approximate surface area is 194 Å². The van der Waals surface area contributed by atoms with E-state index >= 15 is 0 Å². The van der Waals surface area contributed by atoms with Crippen LogP contribution in [0, 0.1) is 13.8 Å². The molecule has 0 aliphatic rings. The van der Waals surface area contributed by atoms with Gasteiger partial charge in [0.1, 0.15) is 11.5 Å². The number of hydrogen-bond acceptors (Lipinski definition) is 5. The molecule has 0 aliphatic carbocycles. The number of hydrogen-bond donors (Lipinski definition) is 2. The highest BCUT2D eigenvalue weighted by atomic mass is 32.2. The predicted octanol–water partition coefficient (Wildman–Crippen LogP) is 4.91. The van der Waals surface area contributed by atoms with Crippen LogP contribution in [0.25, 0.3) is 0 Å². The maximum absolute atomic E-state index is 12.8. The molecule has 3 aromatic carbocycles. The first kappa shape index (κ1) is 24.1. The van der Waals surface area contributed by atoms with Crippen LogP contribution >= 0.6 is 0 Å². The minimum atomic E-state index is -3.84. The van der Waals surface area contributed by atoms with Crippen molar-refractivity contribution in [3.05, 3.63) is 77.9 Å². The quantitative estimate of drug-likeness (QED) is 0.465. The second-order valence-corrected chi connectivity index (χ2v) is 9.29. The lowest BCUT2D eigenvalue weighted by molar-refractivity contribution is -0.122. The maximum Gasteiger partial charge on any atom is 0.265 e. The van der Waals surface area contributed by atoms with E-state index in [0.29, 0.717) is 29.3 Å². The molecule has 174 valence electrons. The SMILES string of the molecule is CC[C@H](Oc1ccccc1C)C(=O)Nc1ccc(S(=O)(=O)Nc2cc(C)ccc2OC)cc1. The normalized spacial score (nSPS) is 12.0. The topological polar surface area (TPSA) is 93.7 Å². The summed E-state index contributed by atoms with van der Waals surface area (Å²) in [5, 5.41) is 2.79. The molecule has 0 radical (unpaired) electrons. The first-order chi connectivity index (χ1) is 15.7. The van der Waals surface area contributed by atoms with Crippen LogP contribution in [-0.2, 0) is 14.8 Å². The lowest BCUT2D eigenvalue weighted by Gasteiger charge is -2.18. The van der Waals surface area contributed by atoms with Crippen LogP contribution < -0.4 is 19.5 Å². The number of aryl methyl sites for hydroxylation is 2. The number of ether oxygens (including phenoxy) is 2. The molecule has 0 aromatic heterocycles. The van der Waals surface area contributed by atoms with Crippen molar-refractivity contribution in [2.24, 2.45) is 0 Å². The zero-order valence-electron chi connectivity index (χ0n) is 19.1. The van der Waals surface area contributed by atoms with Crippen molar-refractivity contribution < 1.29 is 22.7 Å². The van der Waals surface area contributed by atoms with Gasteiger partial charge in [-0.05, 0) is 73.9 Å². The van der Waals surface area contributed by atoms with Crippen molar-refractivity contribution in [1.82, 2.24) is 0 Å². The number of benzene rings is 3. The van der Waals surface area contributed by atoms with Gasteiger partial charge < -0.3 is 14.8 Å². The van der Waals surface area contributed by atoms with Gasteiger partial charge in [0.05, 0.1) is 17.7 Å². The van der Waals surface area contributed by atoms with E-state index < -0.39 is 16.1 Å².